The number of hydrogen-bond acceptors (Lipinski definition) is 4. The summed E-state index contributed by atoms with van der Waals surface area (Å²) in [6, 6.07) is 9.10. The molecule has 1 aromatic carbocycles. The summed E-state index contributed by atoms with van der Waals surface area (Å²) >= 11 is 0.840. The molecule has 0 saturated heterocycles. The van der Waals surface area contributed by atoms with Crippen molar-refractivity contribution in [3.05, 3.63) is 63.7 Å². The first-order valence-electron chi connectivity index (χ1n) is 8.37. The van der Waals surface area contributed by atoms with E-state index in [4.69, 9.17) is 0 Å². The second kappa shape index (κ2) is 7.59. The number of thiophene rings is 1. The van der Waals surface area contributed by atoms with E-state index in [0.717, 1.165) is 29.4 Å². The zero-order valence-electron chi connectivity index (χ0n) is 15.0. The summed E-state index contributed by atoms with van der Waals surface area (Å²) in [5.74, 6) is -1.11. The number of fused-ring (bicyclic) bond motifs is 1. The van der Waals surface area contributed by atoms with Crippen molar-refractivity contribution in [2.75, 3.05) is 0 Å². The average molecular weight is 407 g/mol. The smallest absolute Gasteiger partial charge is 0.267 e. The fourth-order valence-corrected chi connectivity index (χ4v) is 3.68. The number of benzene rings is 1. The minimum atomic E-state index is -4.56. The van der Waals surface area contributed by atoms with E-state index in [1.165, 1.54) is 6.07 Å². The van der Waals surface area contributed by atoms with Crippen LogP contribution in [0.15, 0.2) is 36.4 Å². The van der Waals surface area contributed by atoms with Crippen LogP contribution in [0.3, 0.4) is 0 Å². The van der Waals surface area contributed by atoms with Crippen molar-refractivity contribution >= 4 is 33.4 Å². The number of rotatable bonds is 3. The Morgan fingerprint density at radius 3 is 2.29 bits per heavy atom. The molecule has 2 aromatic heterocycles. The molecule has 0 radical (unpaired) electrons. The van der Waals surface area contributed by atoms with Gasteiger partial charge in [0.15, 0.2) is 0 Å². The number of halogens is 3. The molecule has 2 heterocycles. The van der Waals surface area contributed by atoms with Crippen molar-refractivity contribution in [2.24, 2.45) is 0 Å². The maximum Gasteiger partial charge on any atom is 0.433 e. The molecular weight excluding hydrogens is 391 g/mol. The molecule has 0 spiro atoms. The molecule has 2 N–H and O–H groups in total. The van der Waals surface area contributed by atoms with Crippen molar-refractivity contribution < 1.29 is 22.8 Å². The van der Waals surface area contributed by atoms with E-state index in [1.54, 1.807) is 19.1 Å². The Kier molecular flexibility index (Phi) is 5.37. The van der Waals surface area contributed by atoms with Crippen LogP contribution in [-0.2, 0) is 12.6 Å². The van der Waals surface area contributed by atoms with Crippen LogP contribution in [0.25, 0.3) is 10.2 Å². The number of nitrogens with zero attached hydrogens (tertiary/aromatic N) is 1. The summed E-state index contributed by atoms with van der Waals surface area (Å²) in [5.41, 5.74) is 5.54. The molecule has 3 aromatic rings. The Morgan fingerprint density at radius 2 is 1.68 bits per heavy atom. The first-order chi connectivity index (χ1) is 13.2. The van der Waals surface area contributed by atoms with E-state index in [9.17, 15) is 22.8 Å². The third-order valence-corrected chi connectivity index (χ3v) is 5.41. The van der Waals surface area contributed by atoms with Crippen molar-refractivity contribution in [3.63, 3.8) is 0 Å². The third kappa shape index (κ3) is 3.99. The maximum absolute atomic E-state index is 12.8. The fourth-order valence-electron chi connectivity index (χ4n) is 2.61. The van der Waals surface area contributed by atoms with Crippen molar-refractivity contribution in [3.8, 4) is 0 Å². The number of pyridine rings is 1. The number of alkyl halides is 3. The topological polar surface area (TPSA) is 71.1 Å². The van der Waals surface area contributed by atoms with Crippen LogP contribution in [0, 0.1) is 6.92 Å². The molecule has 0 aliphatic carbocycles. The van der Waals surface area contributed by atoms with Gasteiger partial charge in [-0.3, -0.25) is 20.4 Å². The molecule has 0 fully saturated rings. The lowest BCUT2D eigenvalue weighted by Crippen LogP contribution is -2.41. The van der Waals surface area contributed by atoms with Crippen LogP contribution in [-0.4, -0.2) is 16.8 Å². The standard InChI is InChI=1S/C19H16F3N3O2S/c1-3-11-4-6-12(7-5-11)16(26)24-25-17(27)15-10(2)13-8-9-14(19(20,21)22)23-18(13)28-15/h4-9H,3H2,1-2H3,(H,24,26)(H,25,27). The summed E-state index contributed by atoms with van der Waals surface area (Å²) < 4.78 is 38.4. The van der Waals surface area contributed by atoms with E-state index in [2.05, 4.69) is 15.8 Å². The van der Waals surface area contributed by atoms with Crippen LogP contribution >= 0.6 is 11.3 Å². The third-order valence-electron chi connectivity index (χ3n) is 4.21. The molecule has 2 amide bonds. The molecule has 0 aliphatic heterocycles. The SMILES string of the molecule is CCc1ccc(C(=O)NNC(=O)c2sc3nc(C(F)(F)F)ccc3c2C)cc1. The van der Waals surface area contributed by atoms with Crippen molar-refractivity contribution in [1.82, 2.24) is 15.8 Å². The quantitative estimate of drug-likeness (QED) is 0.638. The molecular formula is C19H16F3N3O2S. The predicted molar refractivity (Wildman–Crippen MR) is 100 cm³/mol. The van der Waals surface area contributed by atoms with Gasteiger partial charge in [-0.1, -0.05) is 19.1 Å². The lowest BCUT2D eigenvalue weighted by molar-refractivity contribution is -0.140. The highest BCUT2D eigenvalue weighted by molar-refractivity contribution is 7.20. The summed E-state index contributed by atoms with van der Waals surface area (Å²) in [4.78, 5) is 28.4. The minimum Gasteiger partial charge on any atom is -0.267 e. The van der Waals surface area contributed by atoms with Gasteiger partial charge in [-0.25, -0.2) is 4.98 Å². The second-order valence-electron chi connectivity index (χ2n) is 6.06. The van der Waals surface area contributed by atoms with Gasteiger partial charge in [0.2, 0.25) is 0 Å². The molecule has 0 bridgehead atoms. The van der Waals surface area contributed by atoms with Gasteiger partial charge < -0.3 is 0 Å². The molecule has 0 unspecified atom stereocenters. The molecule has 28 heavy (non-hydrogen) atoms. The van der Waals surface area contributed by atoms with Gasteiger partial charge in [0.1, 0.15) is 10.5 Å². The number of nitrogens with one attached hydrogen (secondary N) is 2. The Labute approximate surface area is 162 Å². The first kappa shape index (κ1) is 19.8. The maximum atomic E-state index is 12.8. The van der Waals surface area contributed by atoms with Crippen LogP contribution in [0.5, 0.6) is 0 Å². The first-order valence-corrected chi connectivity index (χ1v) is 9.19. The number of amides is 2. The number of aryl methyl sites for hydroxylation is 2. The van der Waals surface area contributed by atoms with E-state index in [1.807, 2.05) is 19.1 Å². The molecule has 146 valence electrons. The Morgan fingerprint density at radius 1 is 1.04 bits per heavy atom. The van der Waals surface area contributed by atoms with Gasteiger partial charge >= 0.3 is 6.18 Å². The summed E-state index contributed by atoms with van der Waals surface area (Å²) in [5, 5.41) is 0.463. The number of hydrazine groups is 1. The normalized spacial score (nSPS) is 11.5. The second-order valence-corrected chi connectivity index (χ2v) is 7.06. The number of carbonyl (C=O) groups excluding carboxylic acids is 2. The Bertz CT molecular complexity index is 1040. The van der Waals surface area contributed by atoms with Crippen molar-refractivity contribution in [1.29, 1.82) is 0 Å². The van der Waals surface area contributed by atoms with Gasteiger partial charge in [0, 0.05) is 10.9 Å². The average Bonchev–Trinajstić information content (AvgIpc) is 3.01. The zero-order valence-corrected chi connectivity index (χ0v) is 15.8. The lowest BCUT2D eigenvalue weighted by Gasteiger charge is -2.07. The lowest BCUT2D eigenvalue weighted by atomic mass is 10.1. The number of aromatic nitrogens is 1. The minimum absolute atomic E-state index is 0.110. The highest BCUT2D eigenvalue weighted by Gasteiger charge is 2.33. The molecule has 0 saturated carbocycles. The van der Waals surface area contributed by atoms with Crippen LogP contribution < -0.4 is 10.9 Å². The van der Waals surface area contributed by atoms with Crippen LogP contribution in [0.1, 0.15) is 43.8 Å². The summed E-state index contributed by atoms with van der Waals surface area (Å²) in [7, 11) is 0. The monoisotopic (exact) mass is 407 g/mol. The number of hydrogen-bond donors (Lipinski definition) is 2. The molecule has 0 atom stereocenters. The molecule has 5 nitrogen and oxygen atoms in total. The van der Waals surface area contributed by atoms with Crippen LogP contribution in [0.2, 0.25) is 0 Å². The Hall–Kier alpha value is -2.94. The van der Waals surface area contributed by atoms with Gasteiger partial charge in [-0.05, 0) is 48.7 Å². The molecule has 9 heteroatoms. The highest BCUT2D eigenvalue weighted by Crippen LogP contribution is 2.34. The van der Waals surface area contributed by atoms with E-state index < -0.39 is 23.7 Å². The van der Waals surface area contributed by atoms with Crippen molar-refractivity contribution in [2.45, 2.75) is 26.4 Å². The molecule has 3 rings (SSSR count). The summed E-state index contributed by atoms with van der Waals surface area (Å²) in [6.45, 7) is 3.61. The van der Waals surface area contributed by atoms with Gasteiger partial charge in [-0.15, -0.1) is 11.3 Å². The largest absolute Gasteiger partial charge is 0.433 e. The summed E-state index contributed by atoms with van der Waals surface area (Å²) in [6.07, 6.45) is -3.72. The zero-order chi connectivity index (χ0) is 20.5. The number of carbonyl (C=O) groups is 2. The highest BCUT2D eigenvalue weighted by atomic mass is 32.1. The van der Waals surface area contributed by atoms with Gasteiger partial charge in [0.25, 0.3) is 11.8 Å². The molecule has 0 aliphatic rings. The van der Waals surface area contributed by atoms with E-state index in [-0.39, 0.29) is 9.71 Å². The Balaban J connectivity index is 1.75. The van der Waals surface area contributed by atoms with Gasteiger partial charge in [-0.2, -0.15) is 13.2 Å². The van der Waals surface area contributed by atoms with E-state index in [0.29, 0.717) is 16.5 Å². The predicted octanol–water partition coefficient (Wildman–Crippen LogP) is 4.26. The van der Waals surface area contributed by atoms with Crippen LogP contribution in [0.4, 0.5) is 13.2 Å². The van der Waals surface area contributed by atoms with E-state index >= 15 is 0 Å². The fraction of sp³-hybridized carbons (Fsp3) is 0.211. The van der Waals surface area contributed by atoms with Gasteiger partial charge in [0.05, 0.1) is 4.88 Å².